The Labute approximate surface area is 221 Å². The number of hydrogen-bond donors (Lipinski definition) is 1. The molecule has 1 N–H and O–H groups in total. The normalized spacial score (nSPS) is 33.0. The van der Waals surface area contributed by atoms with Gasteiger partial charge in [0.15, 0.2) is 0 Å². The minimum Gasteiger partial charge on any atom is -0.462 e. The van der Waals surface area contributed by atoms with Crippen molar-refractivity contribution in [2.45, 2.75) is 63.6 Å². The molecule has 4 nitrogen and oxygen atoms in total. The summed E-state index contributed by atoms with van der Waals surface area (Å²) in [4.78, 5) is 15.5. The summed E-state index contributed by atoms with van der Waals surface area (Å²) in [6.45, 7) is 9.39. The fourth-order valence-corrected chi connectivity index (χ4v) is 8.30. The highest BCUT2D eigenvalue weighted by Gasteiger charge is 2.55. The van der Waals surface area contributed by atoms with Crippen LogP contribution in [0.4, 0.5) is 0 Å². The number of fused-ring (bicyclic) bond motifs is 2. The number of piperidine rings is 1. The van der Waals surface area contributed by atoms with Crippen molar-refractivity contribution in [3.05, 3.63) is 83.9 Å². The summed E-state index contributed by atoms with van der Waals surface area (Å²) >= 11 is 0. The number of esters is 1. The van der Waals surface area contributed by atoms with Gasteiger partial charge in [0.2, 0.25) is 0 Å². The molecule has 2 aliphatic carbocycles. The Balaban J connectivity index is 1.15. The van der Waals surface area contributed by atoms with Gasteiger partial charge >= 0.3 is 5.97 Å². The molecular formula is C33H41NO3. The Bertz CT molecular complexity index is 1080. The third-order valence-electron chi connectivity index (χ3n) is 10.4. The number of rotatable bonds is 5. The van der Waals surface area contributed by atoms with Crippen molar-refractivity contribution in [3.8, 4) is 0 Å². The second-order valence-electron chi connectivity index (χ2n) is 12.5. The van der Waals surface area contributed by atoms with Crippen LogP contribution in [0.2, 0.25) is 0 Å². The molecule has 0 amide bonds. The van der Waals surface area contributed by atoms with Gasteiger partial charge in [-0.1, -0.05) is 79.7 Å². The van der Waals surface area contributed by atoms with E-state index in [0.29, 0.717) is 11.8 Å². The third kappa shape index (κ3) is 4.36. The molecule has 5 atom stereocenters. The number of nitrogens with zero attached hydrogens (tertiary/aromatic N) is 1. The van der Waals surface area contributed by atoms with E-state index in [4.69, 9.17) is 4.74 Å². The monoisotopic (exact) mass is 499 g/mol. The number of carbonyl (C=O) groups is 1. The van der Waals surface area contributed by atoms with Crippen molar-refractivity contribution in [1.29, 1.82) is 0 Å². The molecule has 4 aliphatic rings. The van der Waals surface area contributed by atoms with E-state index in [9.17, 15) is 9.90 Å². The van der Waals surface area contributed by atoms with Crippen LogP contribution in [-0.4, -0.2) is 41.7 Å². The maximum atomic E-state index is 13.1. The largest absolute Gasteiger partial charge is 0.462 e. The van der Waals surface area contributed by atoms with Gasteiger partial charge in [-0.05, 0) is 86.4 Å². The highest BCUT2D eigenvalue weighted by Crippen LogP contribution is 2.57. The average Bonchev–Trinajstić information content (AvgIpc) is 3.21. The number of allylic oxidation sites excluding steroid dienone is 1. The molecule has 0 aromatic heterocycles. The predicted octanol–water partition coefficient (Wildman–Crippen LogP) is 5.95. The fraction of sp³-hybridized carbons (Fsp3) is 0.545. The summed E-state index contributed by atoms with van der Waals surface area (Å²) in [5, 5.41) is 12.2. The van der Waals surface area contributed by atoms with Crippen molar-refractivity contribution in [1.82, 2.24) is 4.90 Å². The zero-order valence-electron chi connectivity index (χ0n) is 22.1. The molecule has 2 saturated heterocycles. The molecule has 6 rings (SSSR count). The van der Waals surface area contributed by atoms with Gasteiger partial charge in [-0.3, -0.25) is 4.79 Å². The highest BCUT2D eigenvalue weighted by atomic mass is 16.6. The van der Waals surface area contributed by atoms with Crippen LogP contribution in [0.3, 0.4) is 0 Å². The van der Waals surface area contributed by atoms with Gasteiger partial charge < -0.3 is 14.7 Å². The molecule has 0 radical (unpaired) electrons. The number of benzene rings is 2. The molecule has 2 saturated carbocycles. The number of likely N-dealkylation sites (tertiary alicyclic amines) is 1. The predicted molar refractivity (Wildman–Crippen MR) is 146 cm³/mol. The van der Waals surface area contributed by atoms with E-state index in [0.717, 1.165) is 62.9 Å². The van der Waals surface area contributed by atoms with E-state index in [1.807, 2.05) is 60.7 Å². The van der Waals surface area contributed by atoms with Crippen LogP contribution in [0, 0.1) is 29.1 Å². The van der Waals surface area contributed by atoms with E-state index in [1.165, 1.54) is 18.4 Å². The molecular weight excluding hydrogens is 458 g/mol. The van der Waals surface area contributed by atoms with Gasteiger partial charge in [-0.15, -0.1) is 0 Å². The Morgan fingerprint density at radius 2 is 1.68 bits per heavy atom. The molecule has 0 bridgehead atoms. The van der Waals surface area contributed by atoms with Gasteiger partial charge in [0.1, 0.15) is 11.7 Å². The van der Waals surface area contributed by atoms with Crippen molar-refractivity contribution >= 4 is 5.97 Å². The van der Waals surface area contributed by atoms with Gasteiger partial charge in [0, 0.05) is 12.5 Å². The summed E-state index contributed by atoms with van der Waals surface area (Å²) in [6.07, 6.45) is 7.48. The van der Waals surface area contributed by atoms with Gasteiger partial charge in [-0.2, -0.15) is 0 Å². The van der Waals surface area contributed by atoms with Crippen molar-refractivity contribution in [2.75, 3.05) is 19.6 Å². The van der Waals surface area contributed by atoms with Gasteiger partial charge in [-0.25, -0.2) is 0 Å². The summed E-state index contributed by atoms with van der Waals surface area (Å²) in [5.74, 6) is 0.927. The first-order valence-electron chi connectivity index (χ1n) is 14.3. The maximum Gasteiger partial charge on any atom is 0.310 e. The Hall–Kier alpha value is -2.43. The van der Waals surface area contributed by atoms with E-state index < -0.39 is 5.60 Å². The summed E-state index contributed by atoms with van der Waals surface area (Å²) < 4.78 is 6.02. The second-order valence-corrected chi connectivity index (χ2v) is 12.5. The molecule has 2 heterocycles. The smallest absolute Gasteiger partial charge is 0.310 e. The molecule has 2 aromatic carbocycles. The van der Waals surface area contributed by atoms with Crippen LogP contribution >= 0.6 is 0 Å². The summed E-state index contributed by atoms with van der Waals surface area (Å²) in [7, 11) is 0. The lowest BCUT2D eigenvalue weighted by Gasteiger charge is -2.50. The van der Waals surface area contributed by atoms with Gasteiger partial charge in [0.05, 0.1) is 5.92 Å². The van der Waals surface area contributed by atoms with Crippen molar-refractivity contribution in [3.63, 3.8) is 0 Å². The van der Waals surface area contributed by atoms with Crippen LogP contribution in [-0.2, 0) is 15.1 Å². The molecule has 0 spiro atoms. The zero-order valence-corrected chi connectivity index (χ0v) is 22.1. The lowest BCUT2D eigenvalue weighted by molar-refractivity contribution is -0.146. The number of hydrogen-bond acceptors (Lipinski definition) is 4. The van der Waals surface area contributed by atoms with Crippen LogP contribution in [0.15, 0.2) is 72.8 Å². The first kappa shape index (κ1) is 24.9. The topological polar surface area (TPSA) is 49.8 Å². The van der Waals surface area contributed by atoms with E-state index >= 15 is 0 Å². The molecule has 4 fully saturated rings. The first-order chi connectivity index (χ1) is 17.9. The molecule has 2 aromatic rings. The zero-order chi connectivity index (χ0) is 25.6. The number of carbonyl (C=O) groups excluding carboxylic acids is 1. The molecule has 37 heavy (non-hydrogen) atoms. The minimum absolute atomic E-state index is 0.00931. The second kappa shape index (κ2) is 9.71. The Morgan fingerprint density at radius 1 is 1.05 bits per heavy atom. The quantitative estimate of drug-likeness (QED) is 0.408. The molecule has 4 heteroatoms. The lowest BCUT2D eigenvalue weighted by atomic mass is 9.55. The van der Waals surface area contributed by atoms with Crippen LogP contribution in [0.5, 0.6) is 0 Å². The lowest BCUT2D eigenvalue weighted by Crippen LogP contribution is -2.48. The number of aliphatic hydroxyl groups is 1. The first-order valence-corrected chi connectivity index (χ1v) is 14.3. The highest BCUT2D eigenvalue weighted by molar-refractivity contribution is 5.75. The van der Waals surface area contributed by atoms with Crippen molar-refractivity contribution in [2.24, 2.45) is 29.1 Å². The van der Waals surface area contributed by atoms with Crippen molar-refractivity contribution < 1.29 is 14.6 Å². The van der Waals surface area contributed by atoms with E-state index in [1.54, 1.807) is 0 Å². The SMILES string of the molecule is C=C1CCC[C@]2(C)C[C@H]3OC(=O)[C@@H](CN4CCC(C(O)(c5ccccc5)c5ccccc5)CC4)[C@@H]3C[C@@H]12. The van der Waals surface area contributed by atoms with Crippen LogP contribution < -0.4 is 0 Å². The van der Waals surface area contributed by atoms with Gasteiger partial charge in [0.25, 0.3) is 0 Å². The molecule has 196 valence electrons. The summed E-state index contributed by atoms with van der Waals surface area (Å²) in [6, 6.07) is 20.2. The molecule has 0 unspecified atom stereocenters. The minimum atomic E-state index is -1.01. The standard InChI is InChI=1S/C33H41NO3/c1-23-10-9-17-32(2)21-30-27(20-29(23)32)28(31(35)37-30)22-34-18-15-26(16-19-34)33(36,24-11-5-3-6-12-24)25-13-7-4-8-14-25/h3-8,11-14,26-30,36H,1,9-10,15-22H2,2H3/t27-,28-,29-,30+,32+/m0/s1. The van der Waals surface area contributed by atoms with E-state index in [2.05, 4.69) is 18.4 Å². The number of ether oxygens (including phenoxy) is 1. The summed E-state index contributed by atoms with van der Waals surface area (Å²) in [5.41, 5.74) is 2.54. The van der Waals surface area contributed by atoms with Crippen LogP contribution in [0.25, 0.3) is 0 Å². The third-order valence-corrected chi connectivity index (χ3v) is 10.4. The Morgan fingerprint density at radius 3 is 2.30 bits per heavy atom. The van der Waals surface area contributed by atoms with Crippen LogP contribution in [0.1, 0.15) is 63.0 Å². The Kier molecular flexibility index (Phi) is 6.53. The fourth-order valence-electron chi connectivity index (χ4n) is 8.30. The average molecular weight is 500 g/mol. The molecule has 2 aliphatic heterocycles. The maximum absolute atomic E-state index is 13.1. The van der Waals surface area contributed by atoms with E-state index in [-0.39, 0.29) is 29.3 Å².